The number of aliphatic carboxylic acids is 1. The van der Waals surface area contributed by atoms with E-state index in [0.29, 0.717) is 5.69 Å². The summed E-state index contributed by atoms with van der Waals surface area (Å²) < 4.78 is 20.3. The largest absolute Gasteiger partial charge is 0.479 e. The van der Waals surface area contributed by atoms with Crippen molar-refractivity contribution < 1.29 is 23.8 Å². The van der Waals surface area contributed by atoms with Crippen molar-refractivity contribution in [3.8, 4) is 5.69 Å². The van der Waals surface area contributed by atoms with Gasteiger partial charge >= 0.3 is 5.97 Å². The van der Waals surface area contributed by atoms with Gasteiger partial charge in [0.15, 0.2) is 11.8 Å². The van der Waals surface area contributed by atoms with Crippen molar-refractivity contribution in [1.82, 2.24) is 14.7 Å². The smallest absolute Gasteiger partial charge is 0.334 e. The van der Waals surface area contributed by atoms with Crippen molar-refractivity contribution in [2.24, 2.45) is 0 Å². The number of carboxylic acid groups (broad SMARTS) is 1. The standard InChI is InChI=1S/C17H16FN3O5/c1-10-8-13(22)15(19-21(10)12-5-3-2-4-11(12)18)16(23)20-6-7-26-14(9-20)17(24)25/h2-5,8,14H,6-7,9H2,1H3,(H,24,25)/t14-/m1/s1. The Kier molecular flexibility index (Phi) is 4.81. The van der Waals surface area contributed by atoms with E-state index < -0.39 is 34.9 Å². The number of benzene rings is 1. The number of hydrogen-bond donors (Lipinski definition) is 1. The van der Waals surface area contributed by atoms with Gasteiger partial charge in [-0.1, -0.05) is 12.1 Å². The zero-order valence-corrected chi connectivity index (χ0v) is 13.9. The summed E-state index contributed by atoms with van der Waals surface area (Å²) in [5, 5.41) is 13.1. The third kappa shape index (κ3) is 3.33. The van der Waals surface area contributed by atoms with Gasteiger partial charge in [-0.25, -0.2) is 13.9 Å². The van der Waals surface area contributed by atoms with Crippen LogP contribution >= 0.6 is 0 Å². The first-order chi connectivity index (χ1) is 12.4. The number of halogens is 1. The molecule has 0 aliphatic carbocycles. The number of aryl methyl sites for hydroxylation is 1. The van der Waals surface area contributed by atoms with E-state index in [1.807, 2.05) is 0 Å². The van der Waals surface area contributed by atoms with Gasteiger partial charge in [0.2, 0.25) is 5.43 Å². The third-order valence-electron chi connectivity index (χ3n) is 4.02. The molecule has 0 saturated carbocycles. The number of aromatic nitrogens is 2. The minimum Gasteiger partial charge on any atom is -0.479 e. The van der Waals surface area contributed by atoms with Crippen LogP contribution in [0.5, 0.6) is 0 Å². The second-order valence-corrected chi connectivity index (χ2v) is 5.81. The van der Waals surface area contributed by atoms with E-state index >= 15 is 0 Å². The molecule has 1 atom stereocenters. The van der Waals surface area contributed by atoms with E-state index in [2.05, 4.69) is 5.10 Å². The van der Waals surface area contributed by atoms with Crippen LogP contribution in [0.1, 0.15) is 16.2 Å². The zero-order chi connectivity index (χ0) is 18.8. The molecule has 1 fully saturated rings. The van der Waals surface area contributed by atoms with Gasteiger partial charge in [0, 0.05) is 18.3 Å². The minimum absolute atomic E-state index is 0.0378. The Hall–Kier alpha value is -3.07. The van der Waals surface area contributed by atoms with Crippen molar-refractivity contribution in [3.05, 3.63) is 57.8 Å². The number of ether oxygens (including phenoxy) is 1. The van der Waals surface area contributed by atoms with Crippen molar-refractivity contribution in [1.29, 1.82) is 0 Å². The van der Waals surface area contributed by atoms with E-state index in [4.69, 9.17) is 9.84 Å². The van der Waals surface area contributed by atoms with Gasteiger partial charge in [-0.3, -0.25) is 9.59 Å². The Balaban J connectivity index is 1.99. The normalized spacial score (nSPS) is 17.2. The van der Waals surface area contributed by atoms with Crippen LogP contribution in [0.3, 0.4) is 0 Å². The molecule has 2 aromatic rings. The van der Waals surface area contributed by atoms with Crippen LogP contribution in [-0.2, 0) is 9.53 Å². The van der Waals surface area contributed by atoms with Crippen LogP contribution < -0.4 is 5.43 Å². The lowest BCUT2D eigenvalue weighted by Gasteiger charge is -2.30. The second kappa shape index (κ2) is 7.04. The number of rotatable bonds is 3. The fourth-order valence-electron chi connectivity index (χ4n) is 2.70. The van der Waals surface area contributed by atoms with E-state index in [9.17, 15) is 18.8 Å². The van der Waals surface area contributed by atoms with Gasteiger partial charge in [-0.05, 0) is 19.1 Å². The van der Waals surface area contributed by atoms with Crippen LogP contribution in [0.2, 0.25) is 0 Å². The Labute approximate surface area is 147 Å². The number of morpholine rings is 1. The SMILES string of the molecule is Cc1cc(=O)c(C(=O)N2CCO[C@@H](C(=O)O)C2)nn1-c1ccccc1F. The molecule has 1 aliphatic heterocycles. The number of para-hydroxylation sites is 1. The summed E-state index contributed by atoms with van der Waals surface area (Å²) in [4.78, 5) is 37.2. The molecule has 0 spiro atoms. The summed E-state index contributed by atoms with van der Waals surface area (Å²) in [6.07, 6.45) is -1.16. The van der Waals surface area contributed by atoms with Crippen molar-refractivity contribution in [3.63, 3.8) is 0 Å². The summed E-state index contributed by atoms with van der Waals surface area (Å²) in [7, 11) is 0. The topological polar surface area (TPSA) is 102 Å². The molecule has 1 aromatic heterocycles. The zero-order valence-electron chi connectivity index (χ0n) is 13.9. The highest BCUT2D eigenvalue weighted by atomic mass is 19.1. The summed E-state index contributed by atoms with van der Waals surface area (Å²) in [6.45, 7) is 1.56. The molecule has 26 heavy (non-hydrogen) atoms. The Morgan fingerprint density at radius 3 is 2.77 bits per heavy atom. The lowest BCUT2D eigenvalue weighted by atomic mass is 10.2. The van der Waals surface area contributed by atoms with E-state index in [1.54, 1.807) is 13.0 Å². The van der Waals surface area contributed by atoms with Gasteiger partial charge in [0.05, 0.1) is 13.2 Å². The molecule has 1 saturated heterocycles. The van der Waals surface area contributed by atoms with Gasteiger partial charge in [0.1, 0.15) is 11.5 Å². The number of carboxylic acids is 1. The average molecular weight is 361 g/mol. The Morgan fingerprint density at radius 2 is 2.08 bits per heavy atom. The first-order valence-electron chi connectivity index (χ1n) is 7.88. The summed E-state index contributed by atoms with van der Waals surface area (Å²) in [6, 6.07) is 7.04. The number of amides is 1. The highest BCUT2D eigenvalue weighted by Gasteiger charge is 2.31. The molecule has 1 aliphatic rings. The summed E-state index contributed by atoms with van der Waals surface area (Å²) in [5.41, 5.74) is -0.546. The number of hydrogen-bond acceptors (Lipinski definition) is 5. The lowest BCUT2D eigenvalue weighted by Crippen LogP contribution is -2.49. The predicted octanol–water partition coefficient (Wildman–Crippen LogP) is 0.606. The fourth-order valence-corrected chi connectivity index (χ4v) is 2.70. The highest BCUT2D eigenvalue weighted by Crippen LogP contribution is 2.14. The second-order valence-electron chi connectivity index (χ2n) is 5.81. The summed E-state index contributed by atoms with van der Waals surface area (Å²) in [5.74, 6) is -2.46. The molecular formula is C17H16FN3O5. The first-order valence-corrected chi connectivity index (χ1v) is 7.88. The fraction of sp³-hybridized carbons (Fsp3) is 0.294. The monoisotopic (exact) mass is 361 g/mol. The molecule has 1 amide bonds. The maximum absolute atomic E-state index is 14.1. The van der Waals surface area contributed by atoms with Crippen molar-refractivity contribution in [2.75, 3.05) is 19.7 Å². The Bertz CT molecular complexity index is 927. The predicted molar refractivity (Wildman–Crippen MR) is 87.8 cm³/mol. The van der Waals surface area contributed by atoms with Gasteiger partial charge in [-0.2, -0.15) is 5.10 Å². The quantitative estimate of drug-likeness (QED) is 0.859. The van der Waals surface area contributed by atoms with Crippen LogP contribution in [0.15, 0.2) is 35.1 Å². The van der Waals surface area contributed by atoms with Crippen molar-refractivity contribution in [2.45, 2.75) is 13.0 Å². The van der Waals surface area contributed by atoms with Gasteiger partial charge in [-0.15, -0.1) is 0 Å². The molecule has 1 aromatic carbocycles. The van der Waals surface area contributed by atoms with E-state index in [-0.39, 0.29) is 25.4 Å². The first kappa shape index (κ1) is 17.7. The molecule has 8 nitrogen and oxygen atoms in total. The van der Waals surface area contributed by atoms with Gasteiger partial charge < -0.3 is 14.7 Å². The molecule has 2 heterocycles. The highest BCUT2D eigenvalue weighted by molar-refractivity contribution is 5.92. The molecule has 3 rings (SSSR count). The molecular weight excluding hydrogens is 345 g/mol. The summed E-state index contributed by atoms with van der Waals surface area (Å²) >= 11 is 0. The average Bonchev–Trinajstić information content (AvgIpc) is 2.62. The molecule has 0 unspecified atom stereocenters. The number of nitrogens with zero attached hydrogens (tertiary/aromatic N) is 3. The minimum atomic E-state index is -1.19. The van der Waals surface area contributed by atoms with Crippen LogP contribution in [-0.4, -0.2) is 57.5 Å². The molecule has 0 radical (unpaired) electrons. The maximum Gasteiger partial charge on any atom is 0.334 e. The molecule has 136 valence electrons. The number of carbonyl (C=O) groups is 2. The van der Waals surface area contributed by atoms with Crippen LogP contribution in [0.4, 0.5) is 4.39 Å². The molecule has 0 bridgehead atoms. The van der Waals surface area contributed by atoms with Gasteiger partial charge in [0.25, 0.3) is 5.91 Å². The maximum atomic E-state index is 14.1. The van der Waals surface area contributed by atoms with E-state index in [1.165, 1.54) is 33.8 Å². The van der Waals surface area contributed by atoms with Crippen LogP contribution in [0.25, 0.3) is 5.69 Å². The van der Waals surface area contributed by atoms with E-state index in [0.717, 1.165) is 0 Å². The Morgan fingerprint density at radius 1 is 1.35 bits per heavy atom. The van der Waals surface area contributed by atoms with Crippen molar-refractivity contribution >= 4 is 11.9 Å². The molecule has 9 heteroatoms. The number of carbonyl (C=O) groups excluding carboxylic acids is 1. The van der Waals surface area contributed by atoms with Crippen LogP contribution in [0, 0.1) is 12.7 Å². The third-order valence-corrected chi connectivity index (χ3v) is 4.02. The molecule has 1 N–H and O–H groups in total. The lowest BCUT2D eigenvalue weighted by molar-refractivity contribution is -0.154.